The molecule has 0 radical (unpaired) electrons. The summed E-state index contributed by atoms with van der Waals surface area (Å²) in [5.41, 5.74) is 0.0650. The number of hydrogen-bond acceptors (Lipinski definition) is 3. The summed E-state index contributed by atoms with van der Waals surface area (Å²) in [6.07, 6.45) is 5.35. The number of nitrogens with zero attached hydrogens (tertiary/aromatic N) is 2. The minimum atomic E-state index is -0.500. The Morgan fingerprint density at radius 1 is 1.35 bits per heavy atom. The van der Waals surface area contributed by atoms with Crippen molar-refractivity contribution in [2.24, 2.45) is 5.92 Å². The Morgan fingerprint density at radius 2 is 2.05 bits per heavy atom. The van der Waals surface area contributed by atoms with Gasteiger partial charge in [-0.3, -0.25) is 4.79 Å². The SMILES string of the molecule is N#CC(NC(=O)c1nc(Cl)ccc1Cl)C1CCCCC1. The molecule has 20 heavy (non-hydrogen) atoms. The molecule has 1 heterocycles. The van der Waals surface area contributed by atoms with Gasteiger partial charge in [0.15, 0.2) is 0 Å². The van der Waals surface area contributed by atoms with E-state index < -0.39 is 11.9 Å². The largest absolute Gasteiger partial charge is 0.335 e. The van der Waals surface area contributed by atoms with E-state index >= 15 is 0 Å². The molecule has 1 aromatic rings. The Kier molecular flexibility index (Phi) is 5.22. The van der Waals surface area contributed by atoms with Gasteiger partial charge >= 0.3 is 0 Å². The molecule has 1 saturated carbocycles. The summed E-state index contributed by atoms with van der Waals surface area (Å²) in [4.78, 5) is 16.1. The maximum absolute atomic E-state index is 12.2. The Bertz CT molecular complexity index is 536. The first kappa shape index (κ1) is 15.1. The van der Waals surface area contributed by atoms with Crippen LogP contribution >= 0.6 is 23.2 Å². The number of nitrogens with one attached hydrogen (secondary N) is 1. The van der Waals surface area contributed by atoms with Gasteiger partial charge in [0.2, 0.25) is 0 Å². The molecule has 1 N–H and O–H groups in total. The summed E-state index contributed by atoms with van der Waals surface area (Å²) in [6, 6.07) is 4.71. The first-order valence-corrected chi connectivity index (χ1v) is 7.40. The van der Waals surface area contributed by atoms with Crippen LogP contribution in [0.3, 0.4) is 0 Å². The first-order chi connectivity index (χ1) is 9.61. The fraction of sp³-hybridized carbons (Fsp3) is 0.500. The highest BCUT2D eigenvalue weighted by Crippen LogP contribution is 2.26. The van der Waals surface area contributed by atoms with Gasteiger partial charge in [-0.2, -0.15) is 5.26 Å². The maximum atomic E-state index is 12.2. The third-order valence-corrected chi connectivity index (χ3v) is 4.09. The predicted octanol–water partition coefficient (Wildman–Crippen LogP) is 3.59. The summed E-state index contributed by atoms with van der Waals surface area (Å²) >= 11 is 11.7. The normalized spacial score (nSPS) is 17.2. The highest BCUT2D eigenvalue weighted by Gasteiger charge is 2.26. The van der Waals surface area contributed by atoms with Crippen LogP contribution < -0.4 is 5.32 Å². The van der Waals surface area contributed by atoms with Crippen LogP contribution in [-0.4, -0.2) is 16.9 Å². The fourth-order valence-corrected chi connectivity index (χ4v) is 2.85. The number of carbonyl (C=O) groups excluding carboxylic acids is 1. The predicted molar refractivity (Wildman–Crippen MR) is 77.7 cm³/mol. The van der Waals surface area contributed by atoms with Gasteiger partial charge in [0.05, 0.1) is 11.1 Å². The fourth-order valence-electron chi connectivity index (χ4n) is 2.51. The van der Waals surface area contributed by atoms with Crippen molar-refractivity contribution in [1.82, 2.24) is 10.3 Å². The van der Waals surface area contributed by atoms with Crippen molar-refractivity contribution in [2.45, 2.75) is 38.1 Å². The van der Waals surface area contributed by atoms with E-state index in [9.17, 15) is 10.1 Å². The van der Waals surface area contributed by atoms with E-state index in [2.05, 4.69) is 16.4 Å². The molecule has 0 spiro atoms. The van der Waals surface area contributed by atoms with Crippen LogP contribution in [-0.2, 0) is 0 Å². The molecule has 6 heteroatoms. The minimum Gasteiger partial charge on any atom is -0.335 e. The van der Waals surface area contributed by atoms with E-state index in [4.69, 9.17) is 23.2 Å². The molecule has 1 aromatic heterocycles. The molecule has 0 aromatic carbocycles. The lowest BCUT2D eigenvalue weighted by Gasteiger charge is -2.26. The Morgan fingerprint density at radius 3 is 2.70 bits per heavy atom. The van der Waals surface area contributed by atoms with E-state index in [1.165, 1.54) is 18.6 Å². The molecule has 1 atom stereocenters. The number of hydrogen-bond donors (Lipinski definition) is 1. The van der Waals surface area contributed by atoms with Crippen molar-refractivity contribution in [3.63, 3.8) is 0 Å². The smallest absolute Gasteiger partial charge is 0.272 e. The zero-order valence-corrected chi connectivity index (χ0v) is 12.4. The second kappa shape index (κ2) is 6.92. The quantitative estimate of drug-likeness (QED) is 0.867. The van der Waals surface area contributed by atoms with E-state index in [0.717, 1.165) is 25.7 Å². The average molecular weight is 312 g/mol. The van der Waals surface area contributed by atoms with Crippen LogP contribution in [0.4, 0.5) is 0 Å². The molecule has 0 saturated heterocycles. The lowest BCUT2D eigenvalue weighted by molar-refractivity contribution is 0.0924. The first-order valence-electron chi connectivity index (χ1n) is 6.64. The van der Waals surface area contributed by atoms with Gasteiger partial charge in [0.1, 0.15) is 16.9 Å². The molecule has 0 bridgehead atoms. The van der Waals surface area contributed by atoms with Crippen molar-refractivity contribution in [3.05, 3.63) is 28.0 Å². The van der Waals surface area contributed by atoms with Gasteiger partial charge in [-0.15, -0.1) is 0 Å². The van der Waals surface area contributed by atoms with E-state index in [1.807, 2.05) is 0 Å². The third kappa shape index (κ3) is 3.62. The summed E-state index contributed by atoms with van der Waals surface area (Å²) < 4.78 is 0. The van der Waals surface area contributed by atoms with Crippen LogP contribution in [0.2, 0.25) is 10.2 Å². The Labute approximate surface area is 128 Å². The molecule has 1 aliphatic rings. The van der Waals surface area contributed by atoms with E-state index in [-0.39, 0.29) is 21.8 Å². The topological polar surface area (TPSA) is 65.8 Å². The van der Waals surface area contributed by atoms with Crippen molar-refractivity contribution < 1.29 is 4.79 Å². The van der Waals surface area contributed by atoms with E-state index in [1.54, 1.807) is 0 Å². The number of aromatic nitrogens is 1. The molecule has 0 aliphatic heterocycles. The molecule has 1 fully saturated rings. The molecule has 1 aliphatic carbocycles. The maximum Gasteiger partial charge on any atom is 0.272 e. The van der Waals surface area contributed by atoms with Gasteiger partial charge in [0.25, 0.3) is 5.91 Å². The third-order valence-electron chi connectivity index (χ3n) is 3.57. The Balaban J connectivity index is 2.09. The minimum absolute atomic E-state index is 0.0650. The summed E-state index contributed by atoms with van der Waals surface area (Å²) in [5, 5.41) is 12.4. The van der Waals surface area contributed by atoms with Crippen LogP contribution in [0, 0.1) is 17.2 Å². The molecule has 2 rings (SSSR count). The van der Waals surface area contributed by atoms with Gasteiger partial charge < -0.3 is 5.32 Å². The van der Waals surface area contributed by atoms with Crippen LogP contribution in [0.1, 0.15) is 42.6 Å². The number of rotatable bonds is 3. The number of halogens is 2. The Hall–Kier alpha value is -1.31. The second-order valence-corrected chi connectivity index (χ2v) is 5.74. The van der Waals surface area contributed by atoms with Crippen molar-refractivity contribution in [2.75, 3.05) is 0 Å². The molecular formula is C14H15Cl2N3O. The molecule has 1 unspecified atom stereocenters. The van der Waals surface area contributed by atoms with Crippen LogP contribution in [0.15, 0.2) is 12.1 Å². The monoisotopic (exact) mass is 311 g/mol. The highest BCUT2D eigenvalue weighted by molar-refractivity contribution is 6.34. The van der Waals surface area contributed by atoms with Crippen LogP contribution in [0.5, 0.6) is 0 Å². The van der Waals surface area contributed by atoms with Gasteiger partial charge in [-0.25, -0.2) is 4.98 Å². The van der Waals surface area contributed by atoms with Crippen molar-refractivity contribution in [1.29, 1.82) is 5.26 Å². The van der Waals surface area contributed by atoms with Crippen LogP contribution in [0.25, 0.3) is 0 Å². The zero-order chi connectivity index (χ0) is 14.5. The number of amides is 1. The van der Waals surface area contributed by atoms with Gasteiger partial charge in [0, 0.05) is 0 Å². The van der Waals surface area contributed by atoms with E-state index in [0.29, 0.717) is 0 Å². The summed E-state index contributed by atoms with van der Waals surface area (Å²) in [7, 11) is 0. The van der Waals surface area contributed by atoms with Gasteiger partial charge in [-0.1, -0.05) is 42.5 Å². The molecule has 1 amide bonds. The van der Waals surface area contributed by atoms with Crippen molar-refractivity contribution in [3.8, 4) is 6.07 Å². The number of carbonyl (C=O) groups is 1. The lowest BCUT2D eigenvalue weighted by atomic mass is 9.84. The summed E-state index contributed by atoms with van der Waals surface area (Å²) in [5.74, 6) is -0.245. The number of nitriles is 1. The number of pyridine rings is 1. The standard InChI is InChI=1S/C14H15Cl2N3O/c15-10-6-7-12(16)19-13(10)14(20)18-11(8-17)9-4-2-1-3-5-9/h6-7,9,11H,1-5H2,(H,18,20). The molecular weight excluding hydrogens is 297 g/mol. The lowest BCUT2D eigenvalue weighted by Crippen LogP contribution is -2.40. The zero-order valence-electron chi connectivity index (χ0n) is 10.9. The second-order valence-electron chi connectivity index (χ2n) is 4.94. The molecule has 4 nitrogen and oxygen atoms in total. The van der Waals surface area contributed by atoms with Gasteiger partial charge in [-0.05, 0) is 30.9 Å². The van der Waals surface area contributed by atoms with Crippen molar-refractivity contribution >= 4 is 29.1 Å². The average Bonchev–Trinajstić information content (AvgIpc) is 2.48. The molecule has 106 valence electrons. The summed E-state index contributed by atoms with van der Waals surface area (Å²) in [6.45, 7) is 0. The highest BCUT2D eigenvalue weighted by atomic mass is 35.5.